The van der Waals surface area contributed by atoms with Gasteiger partial charge < -0.3 is 0 Å². The molecule has 0 aliphatic heterocycles. The quantitative estimate of drug-likeness (QED) is 0.715. The highest BCUT2D eigenvalue weighted by molar-refractivity contribution is 5.81. The molecule has 0 saturated carbocycles. The Hall–Kier alpha value is -1.38. The van der Waals surface area contributed by atoms with Gasteiger partial charge in [0.1, 0.15) is 5.82 Å². The van der Waals surface area contributed by atoms with Gasteiger partial charge in [-0.3, -0.25) is 4.68 Å². The second-order valence-corrected chi connectivity index (χ2v) is 3.47. The molecule has 0 atom stereocenters. The third-order valence-electron chi connectivity index (χ3n) is 2.33. The van der Waals surface area contributed by atoms with Gasteiger partial charge in [-0.25, -0.2) is 4.39 Å². The van der Waals surface area contributed by atoms with Gasteiger partial charge in [0.15, 0.2) is 0 Å². The van der Waals surface area contributed by atoms with Gasteiger partial charge in [0, 0.05) is 11.9 Å². The fourth-order valence-electron chi connectivity index (χ4n) is 1.70. The van der Waals surface area contributed by atoms with Crippen molar-refractivity contribution in [1.29, 1.82) is 0 Å². The monoisotopic (exact) mass is 192 g/mol. The molecular weight excluding hydrogens is 179 g/mol. The molecule has 3 heteroatoms. The van der Waals surface area contributed by atoms with E-state index >= 15 is 0 Å². The first kappa shape index (κ1) is 9.19. The van der Waals surface area contributed by atoms with Crippen LogP contribution >= 0.6 is 0 Å². The van der Waals surface area contributed by atoms with E-state index in [1.165, 1.54) is 6.07 Å². The molecule has 0 fully saturated rings. The minimum atomic E-state index is -0.199. The van der Waals surface area contributed by atoms with Gasteiger partial charge >= 0.3 is 0 Å². The summed E-state index contributed by atoms with van der Waals surface area (Å²) in [4.78, 5) is 0. The highest BCUT2D eigenvalue weighted by Gasteiger charge is 2.06. The van der Waals surface area contributed by atoms with Crippen molar-refractivity contribution in [3.63, 3.8) is 0 Å². The van der Waals surface area contributed by atoms with Crippen LogP contribution in [-0.4, -0.2) is 9.78 Å². The third kappa shape index (κ3) is 1.39. The smallest absolute Gasteiger partial charge is 0.125 e. The summed E-state index contributed by atoms with van der Waals surface area (Å²) in [5, 5.41) is 5.41. The average Bonchev–Trinajstić information content (AvgIpc) is 2.44. The fraction of sp³-hybridized carbons (Fsp3) is 0.364. The van der Waals surface area contributed by atoms with Crippen molar-refractivity contribution in [2.75, 3.05) is 0 Å². The van der Waals surface area contributed by atoms with Crippen LogP contribution in [0.25, 0.3) is 10.9 Å². The molecule has 0 radical (unpaired) electrons. The van der Waals surface area contributed by atoms with Crippen LogP contribution < -0.4 is 0 Å². The Labute approximate surface area is 82.3 Å². The molecule has 0 spiro atoms. The van der Waals surface area contributed by atoms with Gasteiger partial charge in [-0.2, -0.15) is 5.10 Å². The average molecular weight is 192 g/mol. The molecule has 1 aromatic carbocycles. The van der Waals surface area contributed by atoms with Gasteiger partial charge in [0.25, 0.3) is 0 Å². The van der Waals surface area contributed by atoms with Crippen molar-refractivity contribution < 1.29 is 4.39 Å². The maximum absolute atomic E-state index is 13.0. The van der Waals surface area contributed by atoms with E-state index in [2.05, 4.69) is 12.0 Å². The number of nitrogens with zero attached hydrogens (tertiary/aromatic N) is 2. The maximum atomic E-state index is 13.0. The van der Waals surface area contributed by atoms with Crippen molar-refractivity contribution >= 4 is 10.9 Å². The van der Waals surface area contributed by atoms with Crippen LogP contribution in [0.3, 0.4) is 0 Å². The van der Waals surface area contributed by atoms with E-state index in [9.17, 15) is 4.39 Å². The SMILES string of the molecule is CCCn1nc(C)c2ccc(F)cc21. The largest absolute Gasteiger partial charge is 0.265 e. The highest BCUT2D eigenvalue weighted by atomic mass is 19.1. The molecule has 14 heavy (non-hydrogen) atoms. The third-order valence-corrected chi connectivity index (χ3v) is 2.33. The molecule has 0 unspecified atom stereocenters. The van der Waals surface area contributed by atoms with Crippen LogP contribution in [0.15, 0.2) is 18.2 Å². The van der Waals surface area contributed by atoms with E-state index in [-0.39, 0.29) is 5.82 Å². The molecule has 0 aliphatic rings. The number of rotatable bonds is 2. The summed E-state index contributed by atoms with van der Waals surface area (Å²) in [5.41, 5.74) is 1.86. The van der Waals surface area contributed by atoms with E-state index in [1.807, 2.05) is 11.6 Å². The lowest BCUT2D eigenvalue weighted by atomic mass is 10.2. The Morgan fingerprint density at radius 1 is 1.43 bits per heavy atom. The normalized spacial score (nSPS) is 11.1. The van der Waals surface area contributed by atoms with E-state index in [0.717, 1.165) is 29.6 Å². The molecule has 74 valence electrons. The Morgan fingerprint density at radius 2 is 2.21 bits per heavy atom. The zero-order chi connectivity index (χ0) is 10.1. The standard InChI is InChI=1S/C11H13FN2/c1-3-6-14-11-7-9(12)4-5-10(11)8(2)13-14/h4-5,7H,3,6H2,1-2H3. The van der Waals surface area contributed by atoms with Crippen LogP contribution in [-0.2, 0) is 6.54 Å². The molecule has 0 N–H and O–H groups in total. The second kappa shape index (κ2) is 3.40. The van der Waals surface area contributed by atoms with Crippen LogP contribution in [0.4, 0.5) is 4.39 Å². The van der Waals surface area contributed by atoms with Gasteiger partial charge in [-0.1, -0.05) is 6.92 Å². The maximum Gasteiger partial charge on any atom is 0.125 e. The number of aryl methyl sites for hydroxylation is 2. The van der Waals surface area contributed by atoms with Crippen LogP contribution in [0.2, 0.25) is 0 Å². The van der Waals surface area contributed by atoms with Crippen LogP contribution in [0, 0.1) is 12.7 Å². The molecule has 2 aromatic rings. The predicted octanol–water partition coefficient (Wildman–Crippen LogP) is 2.89. The van der Waals surface area contributed by atoms with E-state index < -0.39 is 0 Å². The first-order valence-electron chi connectivity index (χ1n) is 4.85. The number of hydrogen-bond acceptors (Lipinski definition) is 1. The molecule has 2 nitrogen and oxygen atoms in total. The minimum Gasteiger partial charge on any atom is -0.265 e. The number of halogens is 1. The summed E-state index contributed by atoms with van der Waals surface area (Å²) in [5.74, 6) is -0.199. The lowest BCUT2D eigenvalue weighted by molar-refractivity contribution is 0.608. The van der Waals surface area contributed by atoms with Gasteiger partial charge in [0.2, 0.25) is 0 Å². The Balaban J connectivity index is 2.66. The molecular formula is C11H13FN2. The summed E-state index contributed by atoms with van der Waals surface area (Å²) in [6, 6.07) is 4.82. The summed E-state index contributed by atoms with van der Waals surface area (Å²) in [6.07, 6.45) is 1.01. The fourth-order valence-corrected chi connectivity index (χ4v) is 1.70. The van der Waals surface area contributed by atoms with Crippen molar-refractivity contribution in [3.8, 4) is 0 Å². The second-order valence-electron chi connectivity index (χ2n) is 3.47. The molecule has 0 aliphatic carbocycles. The minimum absolute atomic E-state index is 0.199. The van der Waals surface area contributed by atoms with Crippen molar-refractivity contribution in [2.45, 2.75) is 26.8 Å². The highest BCUT2D eigenvalue weighted by Crippen LogP contribution is 2.19. The zero-order valence-corrected chi connectivity index (χ0v) is 8.42. The summed E-state index contributed by atoms with van der Waals surface area (Å²) < 4.78 is 14.9. The van der Waals surface area contributed by atoms with Gasteiger partial charge in [0.05, 0.1) is 11.2 Å². The first-order chi connectivity index (χ1) is 6.72. The lowest BCUT2D eigenvalue weighted by Gasteiger charge is -1.99. The molecule has 1 heterocycles. The molecule has 0 bridgehead atoms. The van der Waals surface area contributed by atoms with Crippen molar-refractivity contribution in [3.05, 3.63) is 29.7 Å². The summed E-state index contributed by atoms with van der Waals surface area (Å²) in [7, 11) is 0. The van der Waals surface area contributed by atoms with Gasteiger partial charge in [-0.15, -0.1) is 0 Å². The molecule has 0 saturated heterocycles. The number of hydrogen-bond donors (Lipinski definition) is 0. The van der Waals surface area contributed by atoms with Crippen LogP contribution in [0.5, 0.6) is 0 Å². The van der Waals surface area contributed by atoms with Crippen molar-refractivity contribution in [2.24, 2.45) is 0 Å². The Morgan fingerprint density at radius 3 is 2.93 bits per heavy atom. The van der Waals surface area contributed by atoms with E-state index in [1.54, 1.807) is 12.1 Å². The summed E-state index contributed by atoms with van der Waals surface area (Å²) in [6.45, 7) is 4.88. The van der Waals surface area contributed by atoms with Gasteiger partial charge in [-0.05, 0) is 31.5 Å². The predicted molar refractivity (Wildman–Crippen MR) is 54.7 cm³/mol. The topological polar surface area (TPSA) is 17.8 Å². The van der Waals surface area contributed by atoms with E-state index in [0.29, 0.717) is 0 Å². The van der Waals surface area contributed by atoms with Crippen LogP contribution in [0.1, 0.15) is 19.0 Å². The number of benzene rings is 1. The number of aromatic nitrogens is 2. The lowest BCUT2D eigenvalue weighted by Crippen LogP contribution is -1.98. The Kier molecular flexibility index (Phi) is 2.23. The van der Waals surface area contributed by atoms with E-state index in [4.69, 9.17) is 0 Å². The first-order valence-corrected chi connectivity index (χ1v) is 4.85. The number of fused-ring (bicyclic) bond motifs is 1. The molecule has 0 amide bonds. The zero-order valence-electron chi connectivity index (χ0n) is 8.42. The summed E-state index contributed by atoms with van der Waals surface area (Å²) >= 11 is 0. The molecule has 1 aromatic heterocycles. The molecule has 2 rings (SSSR count). The van der Waals surface area contributed by atoms with Crippen molar-refractivity contribution in [1.82, 2.24) is 9.78 Å². The Bertz CT molecular complexity index is 460.